The summed E-state index contributed by atoms with van der Waals surface area (Å²) in [5, 5.41) is 27.5. The highest BCUT2D eigenvalue weighted by Crippen LogP contribution is 2.09. The molecular formula is C9H11NO7. The summed E-state index contributed by atoms with van der Waals surface area (Å²) in [6.07, 6.45) is 1.44. The van der Waals surface area contributed by atoms with Gasteiger partial charge in [-0.3, -0.25) is 9.59 Å². The highest BCUT2D eigenvalue weighted by molar-refractivity contribution is 6.07. The Hall–Kier alpha value is -2.38. The van der Waals surface area contributed by atoms with Crippen LogP contribution < -0.4 is 5.32 Å². The van der Waals surface area contributed by atoms with Gasteiger partial charge in [0.15, 0.2) is 0 Å². The van der Waals surface area contributed by atoms with Gasteiger partial charge in [-0.25, -0.2) is 9.59 Å². The third kappa shape index (κ3) is 3.93. The molecule has 0 radical (unpaired) electrons. The van der Waals surface area contributed by atoms with Crippen LogP contribution >= 0.6 is 0 Å². The van der Waals surface area contributed by atoms with Gasteiger partial charge in [0.05, 0.1) is 0 Å². The number of carboxylic acid groups (broad SMARTS) is 3. The van der Waals surface area contributed by atoms with Crippen molar-refractivity contribution in [2.24, 2.45) is 0 Å². The van der Waals surface area contributed by atoms with E-state index < -0.39 is 23.4 Å². The first-order valence-corrected chi connectivity index (χ1v) is 4.44. The van der Waals surface area contributed by atoms with Crippen molar-refractivity contribution < 1.29 is 34.5 Å². The number of hydrogen-bond donors (Lipinski definition) is 4. The molecule has 0 rings (SSSR count). The summed E-state index contributed by atoms with van der Waals surface area (Å²) in [6, 6.07) is 0. The minimum absolute atomic E-state index is 0.0435. The largest absolute Gasteiger partial charge is 0.481 e. The zero-order valence-corrected chi connectivity index (χ0v) is 8.62. The van der Waals surface area contributed by atoms with Crippen molar-refractivity contribution in [3.05, 3.63) is 12.2 Å². The van der Waals surface area contributed by atoms with E-state index in [1.54, 1.807) is 5.32 Å². The molecule has 0 spiro atoms. The average molecular weight is 245 g/mol. The maximum absolute atomic E-state index is 10.8. The number of carbonyl (C=O) groups is 4. The number of carbonyl (C=O) groups excluding carboxylic acids is 1. The van der Waals surface area contributed by atoms with Crippen LogP contribution in [0.25, 0.3) is 0 Å². The van der Waals surface area contributed by atoms with Gasteiger partial charge in [0.25, 0.3) is 5.54 Å². The van der Waals surface area contributed by atoms with Gasteiger partial charge in [0.2, 0.25) is 6.41 Å². The molecule has 8 nitrogen and oxygen atoms in total. The summed E-state index contributed by atoms with van der Waals surface area (Å²) < 4.78 is 0. The van der Waals surface area contributed by atoms with Crippen LogP contribution in [0, 0.1) is 0 Å². The minimum Gasteiger partial charge on any atom is -0.481 e. The van der Waals surface area contributed by atoms with Crippen molar-refractivity contribution in [3.63, 3.8) is 0 Å². The molecule has 0 aromatic heterocycles. The highest BCUT2D eigenvalue weighted by Gasteiger charge is 2.44. The van der Waals surface area contributed by atoms with Crippen LogP contribution in [0.1, 0.15) is 12.8 Å². The molecule has 0 bridgehead atoms. The van der Waals surface area contributed by atoms with E-state index in [1.165, 1.54) is 0 Å². The predicted octanol–water partition coefficient (Wildman–Crippen LogP) is -0.939. The third-order valence-electron chi connectivity index (χ3n) is 1.85. The van der Waals surface area contributed by atoms with Gasteiger partial charge in [-0.1, -0.05) is 6.08 Å². The second kappa shape index (κ2) is 6.26. The molecular weight excluding hydrogens is 234 g/mol. The summed E-state index contributed by atoms with van der Waals surface area (Å²) in [4.78, 5) is 42.0. The molecule has 0 aromatic rings. The Bertz CT molecular complexity index is 346. The van der Waals surface area contributed by atoms with Crippen molar-refractivity contribution in [1.82, 2.24) is 5.32 Å². The van der Waals surface area contributed by atoms with E-state index in [2.05, 4.69) is 0 Å². The van der Waals surface area contributed by atoms with Crippen molar-refractivity contribution in [2.45, 2.75) is 18.4 Å². The van der Waals surface area contributed by atoms with E-state index in [1.807, 2.05) is 0 Å². The molecule has 0 atom stereocenters. The van der Waals surface area contributed by atoms with E-state index in [9.17, 15) is 19.2 Å². The summed E-state index contributed by atoms with van der Waals surface area (Å²) in [5.41, 5.74) is -2.57. The Morgan fingerprint density at radius 1 is 1.12 bits per heavy atom. The summed E-state index contributed by atoms with van der Waals surface area (Å²) >= 11 is 0. The van der Waals surface area contributed by atoms with Gasteiger partial charge in [0, 0.05) is 6.42 Å². The molecule has 4 N–H and O–H groups in total. The van der Waals surface area contributed by atoms with Gasteiger partial charge < -0.3 is 20.6 Å². The fourth-order valence-corrected chi connectivity index (χ4v) is 0.966. The molecule has 0 aromatic carbocycles. The molecule has 0 saturated carbocycles. The Balaban J connectivity index is 4.91. The van der Waals surface area contributed by atoms with E-state index in [0.717, 1.165) is 12.2 Å². The number of hydrogen-bond acceptors (Lipinski definition) is 4. The van der Waals surface area contributed by atoms with E-state index in [0.29, 0.717) is 0 Å². The van der Waals surface area contributed by atoms with Gasteiger partial charge in [0.1, 0.15) is 0 Å². The Morgan fingerprint density at radius 3 is 2.00 bits per heavy atom. The lowest BCUT2D eigenvalue weighted by Crippen LogP contribution is -2.56. The zero-order chi connectivity index (χ0) is 13.5. The Morgan fingerprint density at radius 2 is 1.65 bits per heavy atom. The van der Waals surface area contributed by atoms with E-state index in [4.69, 9.17) is 15.3 Å². The summed E-state index contributed by atoms with van der Waals surface area (Å²) in [5.74, 6) is -4.65. The maximum atomic E-state index is 10.8. The smallest absolute Gasteiger partial charge is 0.345 e. The normalized spacial score (nSPS) is 11.1. The Labute approximate surface area is 95.5 Å². The minimum atomic E-state index is -2.57. The summed E-state index contributed by atoms with van der Waals surface area (Å²) in [6.45, 7) is 0. The molecule has 8 heteroatoms. The number of nitrogens with one attached hydrogen (secondary N) is 1. The average Bonchev–Trinajstić information content (AvgIpc) is 2.21. The highest BCUT2D eigenvalue weighted by atomic mass is 16.4. The molecule has 1 amide bonds. The lowest BCUT2D eigenvalue weighted by atomic mass is 9.99. The van der Waals surface area contributed by atoms with Gasteiger partial charge >= 0.3 is 17.9 Å². The predicted molar refractivity (Wildman–Crippen MR) is 53.2 cm³/mol. The van der Waals surface area contributed by atoms with Crippen molar-refractivity contribution in [2.75, 3.05) is 0 Å². The van der Waals surface area contributed by atoms with Crippen LogP contribution in [0.5, 0.6) is 0 Å². The number of aliphatic carboxylic acids is 3. The van der Waals surface area contributed by atoms with Crippen LogP contribution in [0.2, 0.25) is 0 Å². The second-order valence-electron chi connectivity index (χ2n) is 3.02. The quantitative estimate of drug-likeness (QED) is 0.245. The molecule has 0 aliphatic heterocycles. The maximum Gasteiger partial charge on any atom is 0.345 e. The van der Waals surface area contributed by atoms with Crippen molar-refractivity contribution in [1.29, 1.82) is 0 Å². The molecule has 94 valence electrons. The van der Waals surface area contributed by atoms with Gasteiger partial charge in [-0.2, -0.15) is 0 Å². The Kier molecular flexibility index (Phi) is 5.38. The lowest BCUT2D eigenvalue weighted by Gasteiger charge is -2.19. The van der Waals surface area contributed by atoms with Crippen LogP contribution in [-0.2, 0) is 19.2 Å². The topological polar surface area (TPSA) is 141 Å². The van der Waals surface area contributed by atoms with Crippen LogP contribution in [0.3, 0.4) is 0 Å². The van der Waals surface area contributed by atoms with Crippen molar-refractivity contribution in [3.8, 4) is 0 Å². The molecule has 0 heterocycles. The number of allylic oxidation sites excluding steroid dienone is 1. The molecule has 0 aliphatic rings. The van der Waals surface area contributed by atoms with Crippen LogP contribution in [0.4, 0.5) is 0 Å². The first-order chi connectivity index (χ1) is 7.86. The summed E-state index contributed by atoms with van der Waals surface area (Å²) in [7, 11) is 0. The molecule has 0 fully saturated rings. The van der Waals surface area contributed by atoms with Crippen LogP contribution in [-0.4, -0.2) is 45.2 Å². The second-order valence-corrected chi connectivity index (χ2v) is 3.02. The molecule has 0 aliphatic carbocycles. The van der Waals surface area contributed by atoms with Crippen molar-refractivity contribution >= 4 is 24.3 Å². The standard InChI is InChI=1S/C9H11NO7/c11-5-10-9(7(14)15,8(16)17)4-2-1-3-6(12)13/h2,4-5H,1,3H2,(H,10,11)(H,12,13)(H,14,15)(H,16,17). The van der Waals surface area contributed by atoms with Gasteiger partial charge in [-0.05, 0) is 12.5 Å². The fourth-order valence-electron chi connectivity index (χ4n) is 0.966. The number of carboxylic acids is 3. The number of amides is 1. The van der Waals surface area contributed by atoms with Crippen LogP contribution in [0.15, 0.2) is 12.2 Å². The molecule has 0 saturated heterocycles. The third-order valence-corrected chi connectivity index (χ3v) is 1.85. The number of rotatable bonds is 8. The zero-order valence-electron chi connectivity index (χ0n) is 8.62. The monoisotopic (exact) mass is 245 g/mol. The first kappa shape index (κ1) is 14.6. The molecule has 0 unspecified atom stereocenters. The van der Waals surface area contributed by atoms with E-state index in [-0.39, 0.29) is 19.3 Å². The first-order valence-electron chi connectivity index (χ1n) is 4.44. The molecule has 17 heavy (non-hydrogen) atoms. The fraction of sp³-hybridized carbons (Fsp3) is 0.333. The lowest BCUT2D eigenvalue weighted by molar-refractivity contribution is -0.157. The SMILES string of the molecule is O=CNC(C=CCCC(=O)O)(C(=O)O)C(=O)O. The van der Waals surface area contributed by atoms with E-state index >= 15 is 0 Å². The van der Waals surface area contributed by atoms with Gasteiger partial charge in [-0.15, -0.1) is 0 Å².